The van der Waals surface area contributed by atoms with Gasteiger partial charge in [0, 0.05) is 12.4 Å². The smallest absolute Gasteiger partial charge is 0.343 e. The first kappa shape index (κ1) is 11.1. The van der Waals surface area contributed by atoms with Crippen LogP contribution in [-0.4, -0.2) is 33.1 Å². The zero-order valence-corrected chi connectivity index (χ0v) is 9.08. The van der Waals surface area contributed by atoms with Gasteiger partial charge in [-0.05, 0) is 6.92 Å². The van der Waals surface area contributed by atoms with Crippen molar-refractivity contribution in [1.29, 1.82) is 0 Å². The van der Waals surface area contributed by atoms with Crippen LogP contribution in [0.5, 0.6) is 0 Å². The highest BCUT2D eigenvalue weighted by Crippen LogP contribution is 2.10. The molecule has 7 nitrogen and oxygen atoms in total. The zero-order valence-electron chi connectivity index (χ0n) is 9.08. The van der Waals surface area contributed by atoms with Gasteiger partial charge in [-0.15, -0.1) is 0 Å². The Morgan fingerprint density at radius 1 is 1.47 bits per heavy atom. The number of nitrogens with two attached hydrogens (primary N) is 1. The van der Waals surface area contributed by atoms with Crippen LogP contribution in [0.25, 0.3) is 5.65 Å². The number of hydrogen-bond acceptors (Lipinski definition) is 5. The summed E-state index contributed by atoms with van der Waals surface area (Å²) in [5.41, 5.74) is 5.91. The molecule has 2 N–H and O–H groups in total. The van der Waals surface area contributed by atoms with Crippen molar-refractivity contribution in [3.05, 3.63) is 29.7 Å². The molecule has 0 aromatic carbocycles. The van der Waals surface area contributed by atoms with Gasteiger partial charge in [-0.2, -0.15) is 5.10 Å². The lowest BCUT2D eigenvalue weighted by Crippen LogP contribution is -2.13. The predicted octanol–water partition coefficient (Wildman–Crippen LogP) is 0.00490. The number of amides is 1. The van der Waals surface area contributed by atoms with Gasteiger partial charge in [0.15, 0.2) is 5.65 Å². The lowest BCUT2D eigenvalue weighted by Gasteiger charge is -1.99. The van der Waals surface area contributed by atoms with E-state index in [1.807, 2.05) is 0 Å². The summed E-state index contributed by atoms with van der Waals surface area (Å²) in [6.07, 6.45) is 4.04. The number of carbonyl (C=O) groups excluding carboxylic acids is 2. The summed E-state index contributed by atoms with van der Waals surface area (Å²) in [7, 11) is 0. The van der Waals surface area contributed by atoms with Gasteiger partial charge in [-0.25, -0.2) is 14.3 Å². The Labute approximate surface area is 96.2 Å². The molecular weight excluding hydrogens is 224 g/mol. The third-order valence-electron chi connectivity index (χ3n) is 2.14. The molecule has 2 aromatic rings. The van der Waals surface area contributed by atoms with Gasteiger partial charge in [-0.3, -0.25) is 4.79 Å². The van der Waals surface area contributed by atoms with E-state index in [1.165, 1.54) is 23.1 Å². The van der Waals surface area contributed by atoms with E-state index >= 15 is 0 Å². The number of carbonyl (C=O) groups is 2. The Balaban J connectivity index is 2.48. The van der Waals surface area contributed by atoms with E-state index in [1.54, 1.807) is 6.92 Å². The topological polar surface area (TPSA) is 99.6 Å². The van der Waals surface area contributed by atoms with E-state index < -0.39 is 11.9 Å². The van der Waals surface area contributed by atoms with E-state index in [0.717, 1.165) is 0 Å². The molecule has 2 heterocycles. The van der Waals surface area contributed by atoms with Gasteiger partial charge in [0.25, 0.3) is 5.91 Å². The van der Waals surface area contributed by atoms with Gasteiger partial charge in [-0.1, -0.05) is 0 Å². The van der Waals surface area contributed by atoms with Crippen molar-refractivity contribution in [2.24, 2.45) is 5.73 Å². The molecule has 0 aliphatic carbocycles. The molecule has 0 bridgehead atoms. The molecule has 2 aromatic heterocycles. The molecule has 2 rings (SSSR count). The number of aromatic nitrogens is 3. The van der Waals surface area contributed by atoms with Crippen LogP contribution < -0.4 is 5.73 Å². The predicted molar refractivity (Wildman–Crippen MR) is 57.5 cm³/mol. The molecule has 7 heteroatoms. The number of esters is 1. The van der Waals surface area contributed by atoms with Crippen molar-refractivity contribution in [3.63, 3.8) is 0 Å². The minimum Gasteiger partial charge on any atom is -0.462 e. The Hall–Kier alpha value is -2.44. The van der Waals surface area contributed by atoms with E-state index in [2.05, 4.69) is 10.1 Å². The molecular formula is C10H10N4O3. The van der Waals surface area contributed by atoms with E-state index in [9.17, 15) is 9.59 Å². The third kappa shape index (κ3) is 1.94. The minimum absolute atomic E-state index is 0.219. The zero-order chi connectivity index (χ0) is 12.4. The summed E-state index contributed by atoms with van der Waals surface area (Å²) < 4.78 is 6.16. The van der Waals surface area contributed by atoms with Gasteiger partial charge >= 0.3 is 5.97 Å². The van der Waals surface area contributed by atoms with Gasteiger partial charge in [0.05, 0.1) is 18.4 Å². The van der Waals surface area contributed by atoms with Crippen LogP contribution in [0.4, 0.5) is 0 Å². The second kappa shape index (κ2) is 4.20. The van der Waals surface area contributed by atoms with Crippen LogP contribution in [0.3, 0.4) is 0 Å². The highest BCUT2D eigenvalue weighted by molar-refractivity contribution is 5.96. The SMILES string of the molecule is CCOC(=O)c1cnn2cc(C(N)=O)cnc12. The summed E-state index contributed by atoms with van der Waals surface area (Å²) in [5.74, 6) is -1.10. The standard InChI is InChI=1S/C10H10N4O3/c1-2-17-10(16)7-4-13-14-5-6(8(11)15)3-12-9(7)14/h3-5H,2H2,1H3,(H2,11,15). The Kier molecular flexibility index (Phi) is 2.73. The van der Waals surface area contributed by atoms with Crippen molar-refractivity contribution in [2.45, 2.75) is 6.92 Å². The fourth-order valence-corrected chi connectivity index (χ4v) is 1.35. The van der Waals surface area contributed by atoms with Crippen LogP contribution in [0.2, 0.25) is 0 Å². The molecule has 88 valence electrons. The summed E-state index contributed by atoms with van der Waals surface area (Å²) >= 11 is 0. The quantitative estimate of drug-likeness (QED) is 0.754. The summed E-state index contributed by atoms with van der Waals surface area (Å²) in [5, 5.41) is 3.91. The van der Waals surface area contributed by atoms with Crippen LogP contribution in [0.1, 0.15) is 27.6 Å². The van der Waals surface area contributed by atoms with Gasteiger partial charge in [0.1, 0.15) is 5.56 Å². The fourth-order valence-electron chi connectivity index (χ4n) is 1.35. The summed E-state index contributed by atoms with van der Waals surface area (Å²) in [6.45, 7) is 1.98. The molecule has 0 spiro atoms. The van der Waals surface area contributed by atoms with Crippen molar-refractivity contribution in [2.75, 3.05) is 6.61 Å². The van der Waals surface area contributed by atoms with E-state index in [-0.39, 0.29) is 17.7 Å². The molecule has 1 amide bonds. The molecule has 0 fully saturated rings. The summed E-state index contributed by atoms with van der Waals surface area (Å²) in [4.78, 5) is 26.4. The maximum atomic E-state index is 11.5. The minimum atomic E-state index is -0.604. The monoisotopic (exact) mass is 234 g/mol. The Bertz CT molecular complexity index is 590. The van der Waals surface area contributed by atoms with Crippen LogP contribution in [0.15, 0.2) is 18.6 Å². The highest BCUT2D eigenvalue weighted by atomic mass is 16.5. The molecule has 0 radical (unpaired) electrons. The molecule has 0 saturated carbocycles. The molecule has 17 heavy (non-hydrogen) atoms. The number of nitrogens with zero attached hydrogens (tertiary/aromatic N) is 3. The van der Waals surface area contributed by atoms with Crippen molar-refractivity contribution in [1.82, 2.24) is 14.6 Å². The van der Waals surface area contributed by atoms with E-state index in [0.29, 0.717) is 5.65 Å². The molecule has 0 unspecified atom stereocenters. The number of fused-ring (bicyclic) bond motifs is 1. The first-order valence-electron chi connectivity index (χ1n) is 4.93. The Morgan fingerprint density at radius 2 is 2.24 bits per heavy atom. The lowest BCUT2D eigenvalue weighted by atomic mass is 10.3. The summed E-state index contributed by atoms with van der Waals surface area (Å²) in [6, 6.07) is 0. The fraction of sp³-hybridized carbons (Fsp3) is 0.200. The largest absolute Gasteiger partial charge is 0.462 e. The first-order valence-corrected chi connectivity index (χ1v) is 4.93. The molecule has 0 saturated heterocycles. The van der Waals surface area contributed by atoms with Gasteiger partial charge in [0.2, 0.25) is 0 Å². The average Bonchev–Trinajstić information content (AvgIpc) is 2.71. The maximum absolute atomic E-state index is 11.5. The van der Waals surface area contributed by atoms with Crippen LogP contribution >= 0.6 is 0 Å². The first-order chi connectivity index (χ1) is 8.13. The van der Waals surface area contributed by atoms with Crippen LogP contribution in [0, 0.1) is 0 Å². The molecule has 0 atom stereocenters. The average molecular weight is 234 g/mol. The number of hydrogen-bond donors (Lipinski definition) is 1. The van der Waals surface area contributed by atoms with Crippen molar-refractivity contribution < 1.29 is 14.3 Å². The third-order valence-corrected chi connectivity index (χ3v) is 2.14. The maximum Gasteiger partial charge on any atom is 0.343 e. The Morgan fingerprint density at radius 3 is 2.88 bits per heavy atom. The van der Waals surface area contributed by atoms with Crippen molar-refractivity contribution >= 4 is 17.5 Å². The second-order valence-corrected chi connectivity index (χ2v) is 3.25. The number of rotatable bonds is 3. The van der Waals surface area contributed by atoms with Crippen molar-refractivity contribution in [3.8, 4) is 0 Å². The number of ether oxygens (including phenoxy) is 1. The van der Waals surface area contributed by atoms with E-state index in [4.69, 9.17) is 10.5 Å². The highest BCUT2D eigenvalue weighted by Gasteiger charge is 2.15. The van der Waals surface area contributed by atoms with Gasteiger partial charge < -0.3 is 10.5 Å². The van der Waals surface area contributed by atoms with Crippen LogP contribution in [-0.2, 0) is 4.74 Å². The normalized spacial score (nSPS) is 10.4. The lowest BCUT2D eigenvalue weighted by molar-refractivity contribution is 0.0528. The molecule has 0 aliphatic rings. The molecule has 0 aliphatic heterocycles. The number of primary amides is 1. The second-order valence-electron chi connectivity index (χ2n) is 3.25.